The van der Waals surface area contributed by atoms with Gasteiger partial charge < -0.3 is 15.1 Å². The summed E-state index contributed by atoms with van der Waals surface area (Å²) in [4.78, 5) is 24.9. The van der Waals surface area contributed by atoms with Crippen molar-refractivity contribution in [2.24, 2.45) is 17.8 Å². The largest absolute Gasteiger partial charge is 0.480 e. The summed E-state index contributed by atoms with van der Waals surface area (Å²) in [5.74, 6) is -0.0177. The zero-order valence-corrected chi connectivity index (χ0v) is 10.3. The number of aliphatic hydroxyl groups excluding tert-OH is 1. The minimum Gasteiger partial charge on any atom is -0.480 e. The van der Waals surface area contributed by atoms with Gasteiger partial charge in [0.1, 0.15) is 6.04 Å². The van der Waals surface area contributed by atoms with Crippen molar-refractivity contribution < 1.29 is 19.8 Å². The Hall–Kier alpha value is -1.10. The highest BCUT2D eigenvalue weighted by atomic mass is 16.4. The van der Waals surface area contributed by atoms with Crippen LogP contribution in [0.2, 0.25) is 0 Å². The monoisotopic (exact) mass is 253 g/mol. The van der Waals surface area contributed by atoms with Gasteiger partial charge in [-0.25, -0.2) is 4.79 Å². The lowest BCUT2D eigenvalue weighted by Crippen LogP contribution is -2.41. The fourth-order valence-electron chi connectivity index (χ4n) is 3.84. The molecule has 2 saturated carbocycles. The van der Waals surface area contributed by atoms with Crippen LogP contribution in [0.3, 0.4) is 0 Å². The van der Waals surface area contributed by atoms with Crippen LogP contribution in [0, 0.1) is 17.8 Å². The number of aliphatic hydroxyl groups is 1. The first-order valence-electron chi connectivity index (χ1n) is 6.81. The lowest BCUT2D eigenvalue weighted by atomic mass is 10.0. The molecule has 0 aromatic carbocycles. The molecule has 1 heterocycles. The molecule has 2 aliphatic carbocycles. The Balaban J connectivity index is 1.70. The quantitative estimate of drug-likeness (QED) is 0.750. The maximum absolute atomic E-state index is 12.4. The van der Waals surface area contributed by atoms with Crippen LogP contribution < -0.4 is 0 Å². The number of carboxylic acid groups (broad SMARTS) is 1. The Labute approximate surface area is 106 Å². The molecule has 5 heteroatoms. The van der Waals surface area contributed by atoms with E-state index in [9.17, 15) is 14.7 Å². The molecule has 2 N–H and O–H groups in total. The summed E-state index contributed by atoms with van der Waals surface area (Å²) in [6, 6.07) is -0.824. The lowest BCUT2D eigenvalue weighted by molar-refractivity contribution is -0.149. The van der Waals surface area contributed by atoms with Gasteiger partial charge in [0.05, 0.1) is 6.10 Å². The number of hydrogen-bond donors (Lipinski definition) is 2. The fourth-order valence-corrected chi connectivity index (χ4v) is 3.84. The van der Waals surface area contributed by atoms with Gasteiger partial charge in [-0.3, -0.25) is 4.79 Å². The molecule has 18 heavy (non-hydrogen) atoms. The number of aliphatic carboxylic acids is 1. The average Bonchev–Trinajstić information content (AvgIpc) is 2.94. The summed E-state index contributed by atoms with van der Waals surface area (Å²) in [6.07, 6.45) is 4.08. The molecule has 0 bridgehead atoms. The number of β-amino-alcohol motifs (C(OH)–C–C–N with tert-alkyl or cyclic N) is 1. The van der Waals surface area contributed by atoms with Crippen LogP contribution in [-0.2, 0) is 9.59 Å². The van der Waals surface area contributed by atoms with Gasteiger partial charge >= 0.3 is 5.97 Å². The third-order valence-corrected chi connectivity index (χ3v) is 4.79. The molecule has 1 aliphatic heterocycles. The van der Waals surface area contributed by atoms with Crippen molar-refractivity contribution in [1.29, 1.82) is 0 Å². The summed E-state index contributed by atoms with van der Waals surface area (Å²) < 4.78 is 0. The molecule has 3 unspecified atom stereocenters. The first-order valence-corrected chi connectivity index (χ1v) is 6.81. The zero-order valence-electron chi connectivity index (χ0n) is 10.3. The van der Waals surface area contributed by atoms with Crippen molar-refractivity contribution in [3.63, 3.8) is 0 Å². The van der Waals surface area contributed by atoms with Crippen LogP contribution in [0.4, 0.5) is 0 Å². The first-order chi connectivity index (χ1) is 8.59. The van der Waals surface area contributed by atoms with E-state index in [1.807, 2.05) is 0 Å². The zero-order chi connectivity index (χ0) is 12.9. The topological polar surface area (TPSA) is 77.8 Å². The Kier molecular flexibility index (Phi) is 2.81. The van der Waals surface area contributed by atoms with E-state index in [1.54, 1.807) is 0 Å². The molecular formula is C13H19NO4. The SMILES string of the molecule is O=C(O)[C@@H]1CC(O)CN1C(=O)C1C2CCCCC21. The molecule has 1 amide bonds. The van der Waals surface area contributed by atoms with Crippen molar-refractivity contribution in [3.8, 4) is 0 Å². The van der Waals surface area contributed by atoms with E-state index in [2.05, 4.69) is 0 Å². The van der Waals surface area contributed by atoms with Crippen molar-refractivity contribution in [1.82, 2.24) is 4.90 Å². The van der Waals surface area contributed by atoms with Gasteiger partial charge in [0.25, 0.3) is 0 Å². The Bertz CT molecular complexity index is 371. The van der Waals surface area contributed by atoms with Crippen LogP contribution >= 0.6 is 0 Å². The van der Waals surface area contributed by atoms with Crippen molar-refractivity contribution in [3.05, 3.63) is 0 Å². The number of nitrogens with zero attached hydrogens (tertiary/aromatic N) is 1. The summed E-state index contributed by atoms with van der Waals surface area (Å²) >= 11 is 0. The van der Waals surface area contributed by atoms with Crippen LogP contribution in [0.5, 0.6) is 0 Å². The van der Waals surface area contributed by atoms with Gasteiger partial charge in [-0.05, 0) is 24.7 Å². The molecule has 0 spiro atoms. The molecular weight excluding hydrogens is 234 g/mol. The summed E-state index contributed by atoms with van der Waals surface area (Å²) in [7, 11) is 0. The molecule has 0 radical (unpaired) electrons. The Morgan fingerprint density at radius 3 is 2.28 bits per heavy atom. The maximum Gasteiger partial charge on any atom is 0.326 e. The fraction of sp³-hybridized carbons (Fsp3) is 0.846. The van der Waals surface area contributed by atoms with Gasteiger partial charge in [0.15, 0.2) is 0 Å². The first kappa shape index (κ1) is 12.0. The highest BCUT2D eigenvalue weighted by Gasteiger charge is 2.57. The van der Waals surface area contributed by atoms with E-state index in [0.29, 0.717) is 11.8 Å². The van der Waals surface area contributed by atoms with E-state index in [0.717, 1.165) is 12.8 Å². The van der Waals surface area contributed by atoms with Crippen LogP contribution in [0.1, 0.15) is 32.1 Å². The number of carbonyl (C=O) groups is 2. The van der Waals surface area contributed by atoms with E-state index < -0.39 is 18.1 Å². The number of likely N-dealkylation sites (tertiary alicyclic amines) is 1. The van der Waals surface area contributed by atoms with Crippen molar-refractivity contribution >= 4 is 11.9 Å². The standard InChI is InChI=1S/C13H19NO4/c15-7-5-10(13(17)18)14(6-7)12(16)11-8-3-1-2-4-9(8)11/h7-11,15H,1-6H2,(H,17,18)/t7?,8?,9?,10-,11?/m0/s1. The van der Waals surface area contributed by atoms with Crippen LogP contribution in [0.15, 0.2) is 0 Å². The van der Waals surface area contributed by atoms with Crippen LogP contribution in [0.25, 0.3) is 0 Å². The lowest BCUT2D eigenvalue weighted by Gasteiger charge is -2.21. The Morgan fingerprint density at radius 2 is 1.72 bits per heavy atom. The number of amides is 1. The smallest absolute Gasteiger partial charge is 0.326 e. The number of carboxylic acids is 1. The number of hydrogen-bond acceptors (Lipinski definition) is 3. The van der Waals surface area contributed by atoms with Gasteiger partial charge in [0.2, 0.25) is 5.91 Å². The second-order valence-electron chi connectivity index (χ2n) is 5.87. The second kappa shape index (κ2) is 4.23. The van der Waals surface area contributed by atoms with Gasteiger partial charge in [-0.2, -0.15) is 0 Å². The number of rotatable bonds is 2. The van der Waals surface area contributed by atoms with E-state index >= 15 is 0 Å². The minimum atomic E-state index is -0.997. The third kappa shape index (κ3) is 1.81. The summed E-state index contributed by atoms with van der Waals surface area (Å²) in [6.45, 7) is 0.186. The predicted molar refractivity (Wildman–Crippen MR) is 62.7 cm³/mol. The average molecular weight is 253 g/mol. The predicted octanol–water partition coefficient (Wildman–Crippen LogP) is 0.469. The number of carbonyl (C=O) groups excluding carboxylic acids is 1. The molecule has 0 aromatic rings. The normalized spacial score (nSPS) is 42.5. The molecule has 0 aromatic heterocycles. The summed E-state index contributed by atoms with van der Waals surface area (Å²) in [5.41, 5.74) is 0. The Morgan fingerprint density at radius 1 is 1.11 bits per heavy atom. The molecule has 1 saturated heterocycles. The van der Waals surface area contributed by atoms with E-state index in [1.165, 1.54) is 17.7 Å². The summed E-state index contributed by atoms with van der Waals surface area (Å²) in [5, 5.41) is 18.7. The molecule has 3 aliphatic rings. The molecule has 3 fully saturated rings. The highest BCUT2D eigenvalue weighted by Crippen LogP contribution is 2.56. The van der Waals surface area contributed by atoms with Gasteiger partial charge in [0, 0.05) is 18.9 Å². The second-order valence-corrected chi connectivity index (χ2v) is 5.87. The van der Waals surface area contributed by atoms with E-state index in [-0.39, 0.29) is 24.8 Å². The molecule has 100 valence electrons. The van der Waals surface area contributed by atoms with Crippen molar-refractivity contribution in [2.45, 2.75) is 44.2 Å². The van der Waals surface area contributed by atoms with E-state index in [4.69, 9.17) is 5.11 Å². The van der Waals surface area contributed by atoms with Gasteiger partial charge in [-0.15, -0.1) is 0 Å². The molecule has 5 nitrogen and oxygen atoms in total. The highest BCUT2D eigenvalue weighted by molar-refractivity contribution is 5.88. The van der Waals surface area contributed by atoms with Crippen molar-refractivity contribution in [2.75, 3.05) is 6.54 Å². The molecule has 4 atom stereocenters. The minimum absolute atomic E-state index is 0.0316. The van der Waals surface area contributed by atoms with Gasteiger partial charge in [-0.1, -0.05) is 12.8 Å². The molecule has 3 rings (SSSR count). The van der Waals surface area contributed by atoms with Crippen LogP contribution in [-0.4, -0.2) is 45.7 Å². The number of fused-ring (bicyclic) bond motifs is 1. The maximum atomic E-state index is 12.4. The third-order valence-electron chi connectivity index (χ3n) is 4.79.